The highest BCUT2D eigenvalue weighted by Crippen LogP contribution is 2.38. The lowest BCUT2D eigenvalue weighted by Gasteiger charge is -2.16. The van der Waals surface area contributed by atoms with Crippen molar-refractivity contribution < 1.29 is 40.6 Å². The van der Waals surface area contributed by atoms with Gasteiger partial charge in [0.1, 0.15) is 12.4 Å². The number of carbonyl (C=O) groups is 1. The molecule has 2 rings (SSSR count). The molecule has 0 radical (unpaired) electrons. The highest BCUT2D eigenvalue weighted by molar-refractivity contribution is 6.19. The van der Waals surface area contributed by atoms with E-state index in [2.05, 4.69) is 5.32 Å². The molecule has 1 amide bonds. The van der Waals surface area contributed by atoms with E-state index in [1.165, 1.54) is 26.5 Å². The smallest absolute Gasteiger partial charge is 0.416 e. The van der Waals surface area contributed by atoms with Crippen molar-refractivity contribution in [3.63, 3.8) is 0 Å². The Bertz CT molecular complexity index is 903. The molecule has 0 atom stereocenters. The van der Waals surface area contributed by atoms with Crippen LogP contribution < -0.4 is 10.1 Å². The van der Waals surface area contributed by atoms with Crippen molar-refractivity contribution in [1.29, 1.82) is 0 Å². The maximum atomic E-state index is 13.0. The molecule has 0 aliphatic rings. The lowest BCUT2D eigenvalue weighted by atomic mass is 10.0. The standard InChI is InChI=1S/C20H17F6NO3/c1-27-18(28)17(11-29-2)16-6-4-3-5-12(16)10-30-15-8-13(19(21,22)23)7-14(9-15)20(24,25)26/h3-9,11H,10H2,1-2H3,(H,27,28)/b17-11+. The maximum absolute atomic E-state index is 13.0. The van der Waals surface area contributed by atoms with Crippen molar-refractivity contribution in [2.45, 2.75) is 19.0 Å². The summed E-state index contributed by atoms with van der Waals surface area (Å²) in [5.74, 6) is -1.10. The quantitative estimate of drug-likeness (QED) is 0.395. The van der Waals surface area contributed by atoms with Crippen molar-refractivity contribution in [1.82, 2.24) is 5.32 Å². The summed E-state index contributed by atoms with van der Waals surface area (Å²) in [6.45, 7) is -0.382. The highest BCUT2D eigenvalue weighted by Gasteiger charge is 2.37. The molecule has 10 heteroatoms. The highest BCUT2D eigenvalue weighted by atomic mass is 19.4. The number of halogens is 6. The second kappa shape index (κ2) is 9.10. The van der Waals surface area contributed by atoms with Gasteiger partial charge >= 0.3 is 12.4 Å². The van der Waals surface area contributed by atoms with Gasteiger partial charge in [0.2, 0.25) is 0 Å². The molecule has 0 saturated carbocycles. The predicted octanol–water partition coefficient (Wildman–Crippen LogP) is 5.04. The van der Waals surface area contributed by atoms with Crippen LogP contribution >= 0.6 is 0 Å². The van der Waals surface area contributed by atoms with E-state index < -0.39 is 35.1 Å². The zero-order valence-corrected chi connectivity index (χ0v) is 15.8. The molecule has 0 saturated heterocycles. The summed E-state index contributed by atoms with van der Waals surface area (Å²) in [5, 5.41) is 2.42. The van der Waals surface area contributed by atoms with Gasteiger partial charge in [-0.1, -0.05) is 24.3 Å². The molecule has 1 N–H and O–H groups in total. The Balaban J connectivity index is 2.41. The zero-order chi connectivity index (χ0) is 22.5. The third kappa shape index (κ3) is 5.68. The van der Waals surface area contributed by atoms with Crippen LogP contribution in [0.3, 0.4) is 0 Å². The van der Waals surface area contributed by atoms with Crippen LogP contribution in [0.25, 0.3) is 5.57 Å². The van der Waals surface area contributed by atoms with E-state index in [-0.39, 0.29) is 18.2 Å². The first-order chi connectivity index (χ1) is 14.0. The average Bonchev–Trinajstić information content (AvgIpc) is 2.68. The van der Waals surface area contributed by atoms with Crippen LogP contribution in [0.15, 0.2) is 48.7 Å². The molecule has 2 aromatic carbocycles. The summed E-state index contributed by atoms with van der Waals surface area (Å²) in [6.07, 6.45) is -8.79. The molecule has 0 heterocycles. The van der Waals surface area contributed by atoms with Crippen molar-refractivity contribution >= 4 is 11.5 Å². The van der Waals surface area contributed by atoms with Crippen LogP contribution in [-0.4, -0.2) is 20.1 Å². The Labute approximate surface area is 168 Å². The number of hydrogen-bond acceptors (Lipinski definition) is 3. The van der Waals surface area contributed by atoms with Gasteiger partial charge in [0.15, 0.2) is 0 Å². The Morgan fingerprint density at radius 3 is 2.07 bits per heavy atom. The molecule has 4 nitrogen and oxygen atoms in total. The number of ether oxygens (including phenoxy) is 2. The number of likely N-dealkylation sites (N-methyl/N-ethyl adjacent to an activating group) is 1. The number of benzene rings is 2. The van der Waals surface area contributed by atoms with E-state index in [0.29, 0.717) is 23.3 Å². The van der Waals surface area contributed by atoms with Gasteiger partial charge in [-0.25, -0.2) is 0 Å². The van der Waals surface area contributed by atoms with Gasteiger partial charge in [-0.05, 0) is 29.3 Å². The number of hydrogen-bond donors (Lipinski definition) is 1. The van der Waals surface area contributed by atoms with E-state index in [1.807, 2.05) is 0 Å². The molecule has 0 aliphatic heterocycles. The number of rotatable bonds is 6. The lowest BCUT2D eigenvalue weighted by Crippen LogP contribution is -2.20. The molecular formula is C20H17F6NO3. The second-order valence-corrected chi connectivity index (χ2v) is 6.03. The minimum atomic E-state index is -4.98. The van der Waals surface area contributed by atoms with Gasteiger partial charge in [0, 0.05) is 7.05 Å². The van der Waals surface area contributed by atoms with Crippen molar-refractivity contribution in [2.24, 2.45) is 0 Å². The minimum absolute atomic E-state index is 0.0197. The van der Waals surface area contributed by atoms with Crippen LogP contribution in [0.5, 0.6) is 5.75 Å². The first-order valence-corrected chi connectivity index (χ1v) is 8.43. The molecule has 0 unspecified atom stereocenters. The monoisotopic (exact) mass is 433 g/mol. The normalized spacial score (nSPS) is 12.5. The third-order valence-corrected chi connectivity index (χ3v) is 3.97. The first kappa shape index (κ1) is 23.1. The fourth-order valence-corrected chi connectivity index (χ4v) is 2.57. The number of carbonyl (C=O) groups excluding carboxylic acids is 1. The van der Waals surface area contributed by atoms with E-state index >= 15 is 0 Å². The Hall–Kier alpha value is -3.17. The van der Waals surface area contributed by atoms with Crippen molar-refractivity contribution in [2.75, 3.05) is 14.2 Å². The van der Waals surface area contributed by atoms with E-state index in [0.717, 1.165) is 0 Å². The SMILES string of the molecule is CNC(=O)/C(=C/OC)c1ccccc1COc1cc(C(F)(F)F)cc(C(F)(F)F)c1. The van der Waals surface area contributed by atoms with Crippen LogP contribution in [0, 0.1) is 0 Å². The molecule has 0 aromatic heterocycles. The minimum Gasteiger partial charge on any atom is -0.504 e. The molecule has 0 spiro atoms. The van der Waals surface area contributed by atoms with Crippen molar-refractivity contribution in [3.8, 4) is 5.75 Å². The largest absolute Gasteiger partial charge is 0.504 e. The molecule has 162 valence electrons. The Morgan fingerprint density at radius 2 is 1.57 bits per heavy atom. The van der Waals surface area contributed by atoms with Gasteiger partial charge in [0.25, 0.3) is 5.91 Å². The van der Waals surface area contributed by atoms with Gasteiger partial charge in [-0.3, -0.25) is 4.79 Å². The summed E-state index contributed by atoms with van der Waals surface area (Å²) in [6, 6.07) is 7.27. The number of nitrogens with one attached hydrogen (secondary N) is 1. The van der Waals surface area contributed by atoms with Gasteiger partial charge < -0.3 is 14.8 Å². The molecule has 2 aromatic rings. The third-order valence-electron chi connectivity index (χ3n) is 3.97. The van der Waals surface area contributed by atoms with Crippen molar-refractivity contribution in [3.05, 3.63) is 71.0 Å². The Morgan fingerprint density at radius 1 is 1.00 bits per heavy atom. The number of methoxy groups -OCH3 is 1. The van der Waals surface area contributed by atoms with Crippen LogP contribution in [0.2, 0.25) is 0 Å². The fraction of sp³-hybridized carbons (Fsp3) is 0.250. The van der Waals surface area contributed by atoms with Crippen LogP contribution in [0.1, 0.15) is 22.3 Å². The lowest BCUT2D eigenvalue weighted by molar-refractivity contribution is -0.143. The predicted molar refractivity (Wildman–Crippen MR) is 96.3 cm³/mol. The molecule has 0 fully saturated rings. The first-order valence-electron chi connectivity index (χ1n) is 8.43. The number of alkyl halides is 6. The number of amides is 1. The zero-order valence-electron chi connectivity index (χ0n) is 15.8. The van der Waals surface area contributed by atoms with Crippen LogP contribution in [-0.2, 0) is 28.5 Å². The summed E-state index contributed by atoms with van der Waals surface area (Å²) in [5.41, 5.74) is -2.15. The van der Waals surface area contributed by atoms with Gasteiger partial charge in [-0.15, -0.1) is 0 Å². The Kier molecular flexibility index (Phi) is 7.01. The molecule has 0 aliphatic carbocycles. The van der Waals surface area contributed by atoms with Crippen LogP contribution in [0.4, 0.5) is 26.3 Å². The van der Waals surface area contributed by atoms with Gasteiger partial charge in [0.05, 0.1) is 30.1 Å². The summed E-state index contributed by atoms with van der Waals surface area (Å²) in [4.78, 5) is 12.1. The summed E-state index contributed by atoms with van der Waals surface area (Å²) in [7, 11) is 2.72. The van der Waals surface area contributed by atoms with E-state index in [9.17, 15) is 31.1 Å². The van der Waals surface area contributed by atoms with Gasteiger partial charge in [-0.2, -0.15) is 26.3 Å². The summed E-state index contributed by atoms with van der Waals surface area (Å²) < 4.78 is 88.1. The summed E-state index contributed by atoms with van der Waals surface area (Å²) >= 11 is 0. The topological polar surface area (TPSA) is 47.6 Å². The average molecular weight is 433 g/mol. The fourth-order valence-electron chi connectivity index (χ4n) is 2.57. The molecule has 0 bridgehead atoms. The molecular weight excluding hydrogens is 416 g/mol. The van der Waals surface area contributed by atoms with E-state index in [4.69, 9.17) is 9.47 Å². The van der Waals surface area contributed by atoms with E-state index in [1.54, 1.807) is 18.2 Å². The second-order valence-electron chi connectivity index (χ2n) is 6.03. The maximum Gasteiger partial charge on any atom is 0.416 e. The molecule has 30 heavy (non-hydrogen) atoms.